The number of thioether (sulfide) groups is 2. The summed E-state index contributed by atoms with van der Waals surface area (Å²) in [7, 11) is 0. The van der Waals surface area contributed by atoms with E-state index in [4.69, 9.17) is 9.15 Å². The Bertz CT molecular complexity index is 1020. The van der Waals surface area contributed by atoms with Crippen LogP contribution >= 0.6 is 23.5 Å². The quantitative estimate of drug-likeness (QED) is 0.366. The molecule has 0 aliphatic carbocycles. The van der Waals surface area contributed by atoms with Crippen LogP contribution in [0.15, 0.2) is 49.3 Å². The van der Waals surface area contributed by atoms with Gasteiger partial charge in [-0.15, -0.1) is 23.5 Å². The molecule has 0 N–H and O–H groups in total. The summed E-state index contributed by atoms with van der Waals surface area (Å²) in [5.41, 5.74) is 1.26. The van der Waals surface area contributed by atoms with E-state index in [0.717, 1.165) is 9.79 Å². The fraction of sp³-hybridized carbons (Fsp3) is 0.263. The van der Waals surface area contributed by atoms with Crippen LogP contribution in [0.1, 0.15) is 24.2 Å². The maximum absolute atomic E-state index is 13.0. The Morgan fingerprint density at radius 3 is 2.48 bits per heavy atom. The molecule has 3 aromatic rings. The number of hydrogen-bond acceptors (Lipinski definition) is 6. The van der Waals surface area contributed by atoms with E-state index < -0.39 is 5.97 Å². The molecule has 130 valence electrons. The normalized spacial score (nSPS) is 11.4. The third-order valence-electron chi connectivity index (χ3n) is 3.74. The van der Waals surface area contributed by atoms with Crippen molar-refractivity contribution in [3.63, 3.8) is 0 Å². The third-order valence-corrected chi connectivity index (χ3v) is 5.19. The lowest BCUT2D eigenvalue weighted by Gasteiger charge is -2.10. The molecule has 0 atom stereocenters. The van der Waals surface area contributed by atoms with E-state index >= 15 is 0 Å². The first-order valence-electron chi connectivity index (χ1n) is 7.78. The van der Waals surface area contributed by atoms with Gasteiger partial charge < -0.3 is 9.15 Å². The standard InChI is InChI=1S/C19H18O4S2/c1-10(2)22-19(21)11-5-6-15-13(7-11)17(20)14-8-12(24-3)9-16(25-4)18(14)23-15/h5-10H,1-4H3. The van der Waals surface area contributed by atoms with Crippen molar-refractivity contribution in [1.82, 2.24) is 0 Å². The zero-order valence-corrected chi connectivity index (χ0v) is 16.0. The van der Waals surface area contributed by atoms with Gasteiger partial charge in [0.25, 0.3) is 0 Å². The van der Waals surface area contributed by atoms with Crippen LogP contribution in [-0.2, 0) is 4.74 Å². The van der Waals surface area contributed by atoms with Crippen molar-refractivity contribution in [2.24, 2.45) is 0 Å². The van der Waals surface area contributed by atoms with Crippen molar-refractivity contribution < 1.29 is 13.9 Å². The summed E-state index contributed by atoms with van der Waals surface area (Å²) in [5.74, 6) is -0.445. The van der Waals surface area contributed by atoms with E-state index in [0.29, 0.717) is 27.5 Å². The first kappa shape index (κ1) is 17.9. The first-order chi connectivity index (χ1) is 11.9. The highest BCUT2D eigenvalue weighted by Crippen LogP contribution is 2.32. The van der Waals surface area contributed by atoms with Gasteiger partial charge in [-0.2, -0.15) is 0 Å². The van der Waals surface area contributed by atoms with Gasteiger partial charge in [-0.3, -0.25) is 4.79 Å². The molecule has 0 fully saturated rings. The van der Waals surface area contributed by atoms with Crippen LogP contribution in [0.5, 0.6) is 0 Å². The molecule has 1 aromatic heterocycles. The van der Waals surface area contributed by atoms with Gasteiger partial charge in [0.2, 0.25) is 5.43 Å². The fourth-order valence-corrected chi connectivity index (χ4v) is 3.71. The average Bonchev–Trinajstić information content (AvgIpc) is 2.60. The molecule has 3 rings (SSSR count). The summed E-state index contributed by atoms with van der Waals surface area (Å²) in [5, 5.41) is 0.911. The summed E-state index contributed by atoms with van der Waals surface area (Å²) in [6.07, 6.45) is 3.70. The molecule has 0 saturated carbocycles. The van der Waals surface area contributed by atoms with E-state index in [1.807, 2.05) is 24.6 Å². The Kier molecular flexibility index (Phi) is 5.11. The Labute approximate surface area is 153 Å². The summed E-state index contributed by atoms with van der Waals surface area (Å²) < 4.78 is 11.2. The SMILES string of the molecule is CSc1cc(SC)c2oc3ccc(C(=O)OC(C)C)cc3c(=O)c2c1. The molecular formula is C19H18O4S2. The number of carbonyl (C=O) groups excluding carboxylic acids is 1. The van der Waals surface area contributed by atoms with Crippen LogP contribution in [0.3, 0.4) is 0 Å². The van der Waals surface area contributed by atoms with Crippen molar-refractivity contribution in [1.29, 1.82) is 0 Å². The Hall–Kier alpha value is -1.92. The smallest absolute Gasteiger partial charge is 0.338 e. The Balaban J connectivity index is 2.27. The van der Waals surface area contributed by atoms with Gasteiger partial charge in [-0.05, 0) is 56.7 Å². The Morgan fingerprint density at radius 2 is 1.84 bits per heavy atom. The van der Waals surface area contributed by atoms with Gasteiger partial charge in [-0.25, -0.2) is 4.79 Å². The minimum absolute atomic E-state index is 0.137. The van der Waals surface area contributed by atoms with Crippen LogP contribution < -0.4 is 5.43 Å². The van der Waals surface area contributed by atoms with Gasteiger partial charge in [0.1, 0.15) is 5.58 Å². The fourth-order valence-electron chi connectivity index (χ4n) is 2.58. The lowest BCUT2D eigenvalue weighted by molar-refractivity contribution is 0.0378. The highest BCUT2D eigenvalue weighted by atomic mass is 32.2. The topological polar surface area (TPSA) is 56.5 Å². The highest BCUT2D eigenvalue weighted by molar-refractivity contribution is 7.99. The Morgan fingerprint density at radius 1 is 1.08 bits per heavy atom. The van der Waals surface area contributed by atoms with Crippen LogP contribution in [0, 0.1) is 0 Å². The van der Waals surface area contributed by atoms with Gasteiger partial charge in [0.15, 0.2) is 5.58 Å². The predicted molar refractivity (Wildman–Crippen MR) is 104 cm³/mol. The molecule has 0 aliphatic heterocycles. The summed E-state index contributed by atoms with van der Waals surface area (Å²) >= 11 is 3.11. The van der Waals surface area contributed by atoms with Crippen LogP contribution in [0.2, 0.25) is 0 Å². The molecule has 0 saturated heterocycles. The van der Waals surface area contributed by atoms with E-state index in [-0.39, 0.29) is 11.5 Å². The van der Waals surface area contributed by atoms with Crippen molar-refractivity contribution in [2.45, 2.75) is 29.7 Å². The summed E-state index contributed by atoms with van der Waals surface area (Å²) in [6, 6.07) is 8.68. The van der Waals surface area contributed by atoms with E-state index in [2.05, 4.69) is 0 Å². The second-order valence-corrected chi connectivity index (χ2v) is 7.53. The molecule has 0 bridgehead atoms. The van der Waals surface area contributed by atoms with Gasteiger partial charge in [0, 0.05) is 4.90 Å². The van der Waals surface area contributed by atoms with Crippen molar-refractivity contribution in [3.05, 3.63) is 46.1 Å². The number of hydrogen-bond donors (Lipinski definition) is 0. The zero-order valence-electron chi connectivity index (χ0n) is 14.4. The van der Waals surface area contributed by atoms with Gasteiger partial charge >= 0.3 is 5.97 Å². The summed E-state index contributed by atoms with van der Waals surface area (Å²) in [6.45, 7) is 3.57. The van der Waals surface area contributed by atoms with Crippen molar-refractivity contribution >= 4 is 51.4 Å². The van der Waals surface area contributed by atoms with Crippen LogP contribution in [0.4, 0.5) is 0 Å². The number of esters is 1. The largest absolute Gasteiger partial charge is 0.459 e. The lowest BCUT2D eigenvalue weighted by Crippen LogP contribution is -2.12. The van der Waals surface area contributed by atoms with Gasteiger partial charge in [0.05, 0.1) is 27.3 Å². The van der Waals surface area contributed by atoms with E-state index in [1.54, 1.807) is 43.8 Å². The minimum Gasteiger partial charge on any atom is -0.459 e. The molecule has 0 aliphatic rings. The molecule has 2 aromatic carbocycles. The molecule has 6 heteroatoms. The van der Waals surface area contributed by atoms with E-state index in [9.17, 15) is 9.59 Å². The molecule has 0 radical (unpaired) electrons. The van der Waals surface area contributed by atoms with Crippen molar-refractivity contribution in [2.75, 3.05) is 12.5 Å². The summed E-state index contributed by atoms with van der Waals surface area (Å²) in [4.78, 5) is 27.0. The monoisotopic (exact) mass is 374 g/mol. The molecule has 4 nitrogen and oxygen atoms in total. The molecule has 1 heterocycles. The second kappa shape index (κ2) is 7.14. The van der Waals surface area contributed by atoms with E-state index in [1.165, 1.54) is 11.8 Å². The lowest BCUT2D eigenvalue weighted by atomic mass is 10.1. The molecule has 0 unspecified atom stereocenters. The molecule has 0 spiro atoms. The van der Waals surface area contributed by atoms with Crippen LogP contribution in [0.25, 0.3) is 21.9 Å². The number of rotatable bonds is 4. The molecule has 0 amide bonds. The maximum atomic E-state index is 13.0. The second-order valence-electron chi connectivity index (χ2n) is 5.80. The first-order valence-corrected chi connectivity index (χ1v) is 10.2. The number of carbonyl (C=O) groups is 1. The number of ether oxygens (including phenoxy) is 1. The number of fused-ring (bicyclic) bond motifs is 2. The third kappa shape index (κ3) is 3.41. The highest BCUT2D eigenvalue weighted by Gasteiger charge is 2.16. The minimum atomic E-state index is -0.445. The zero-order chi connectivity index (χ0) is 18.1. The van der Waals surface area contributed by atoms with Crippen LogP contribution in [-0.4, -0.2) is 24.6 Å². The average molecular weight is 374 g/mol. The predicted octanol–water partition coefficient (Wildman–Crippen LogP) is 4.96. The maximum Gasteiger partial charge on any atom is 0.338 e. The number of benzene rings is 2. The van der Waals surface area contributed by atoms with Crippen molar-refractivity contribution in [3.8, 4) is 0 Å². The van der Waals surface area contributed by atoms with Gasteiger partial charge in [-0.1, -0.05) is 0 Å². The molecule has 25 heavy (non-hydrogen) atoms. The molecular weight excluding hydrogens is 356 g/mol.